The molecule has 0 aromatic heterocycles. The first-order valence-corrected chi connectivity index (χ1v) is 2.56. The molecule has 0 aromatic carbocycles. The van der Waals surface area contributed by atoms with E-state index in [1.807, 2.05) is 0 Å². The van der Waals surface area contributed by atoms with Gasteiger partial charge in [0.15, 0.2) is 0 Å². The molecule has 0 aromatic rings. The molecule has 2 N–H and O–H groups in total. The molecule has 0 heterocycles. The molecule has 0 saturated carbocycles. The third-order valence-corrected chi connectivity index (χ3v) is 0.780. The molecule has 1 atom stereocenters. The molecule has 2 nitrogen and oxygen atoms in total. The second-order valence-corrected chi connectivity index (χ2v) is 1.71. The summed E-state index contributed by atoms with van der Waals surface area (Å²) < 4.78 is 0. The maximum absolute atomic E-state index is 8.57. The van der Waals surface area contributed by atoms with Crippen molar-refractivity contribution in [3.05, 3.63) is 0 Å². The quantitative estimate of drug-likeness (QED) is 0.435. The Labute approximate surface area is 44.6 Å². The van der Waals surface area contributed by atoms with Crippen LogP contribution in [0.1, 0.15) is 12.8 Å². The molecule has 0 saturated heterocycles. The Morgan fingerprint density at radius 1 is 1.57 bits per heavy atom. The highest BCUT2D eigenvalue weighted by Gasteiger charge is 1.91. The Bertz CT molecular complexity index is 38.7. The van der Waals surface area contributed by atoms with E-state index in [0.29, 0.717) is 12.8 Å². The molecule has 3 heteroatoms. The average Bonchev–Trinajstić information content (AvgIpc) is 1.61. The molecule has 0 aliphatic heterocycles. The minimum atomic E-state index is -0.257. The second kappa shape index (κ2) is 4.15. The van der Waals surface area contributed by atoms with Crippen molar-refractivity contribution in [3.8, 4) is 0 Å². The number of hydrogen-bond donors (Lipinski definition) is 2. The summed E-state index contributed by atoms with van der Waals surface area (Å²) in [6.07, 6.45) is 1.41. The van der Waals surface area contributed by atoms with Crippen molar-refractivity contribution in [3.63, 3.8) is 0 Å². The van der Waals surface area contributed by atoms with E-state index in [1.165, 1.54) is 0 Å². The fourth-order valence-electron chi connectivity index (χ4n) is 0.387. The monoisotopic (exact) mass is 102 g/mol. The van der Waals surface area contributed by atoms with E-state index in [4.69, 9.17) is 10.2 Å². The van der Waals surface area contributed by atoms with Gasteiger partial charge in [-0.15, -0.1) is 0 Å². The van der Waals surface area contributed by atoms with Gasteiger partial charge in [0.25, 0.3) is 0 Å². The van der Waals surface area contributed by atoms with Crippen LogP contribution >= 0.6 is 0 Å². The van der Waals surface area contributed by atoms with Crippen molar-refractivity contribution in [2.45, 2.75) is 18.8 Å². The lowest BCUT2D eigenvalue weighted by Crippen LogP contribution is -2.05. The number of rotatable bonds is 3. The van der Waals surface area contributed by atoms with Crippen LogP contribution in [0.3, 0.4) is 0 Å². The van der Waals surface area contributed by atoms with Crippen LogP contribution in [0.15, 0.2) is 0 Å². The summed E-state index contributed by atoms with van der Waals surface area (Å²) in [5, 5.41) is 16.8. The maximum atomic E-state index is 8.57. The van der Waals surface area contributed by atoms with Crippen molar-refractivity contribution in [1.29, 1.82) is 0 Å². The molecule has 0 fully saturated rings. The SMILES string of the molecule is BC(O)CCCO. The number of aliphatic hydroxyl groups is 2. The van der Waals surface area contributed by atoms with E-state index >= 15 is 0 Å². The Hall–Kier alpha value is -0.0151. The maximum Gasteiger partial charge on any atom is 0.138 e. The van der Waals surface area contributed by atoms with Gasteiger partial charge in [-0.2, -0.15) is 0 Å². The lowest BCUT2D eigenvalue weighted by Gasteiger charge is -1.97. The summed E-state index contributed by atoms with van der Waals surface area (Å²) in [4.78, 5) is 0. The van der Waals surface area contributed by atoms with Gasteiger partial charge in [0.05, 0.1) is 0 Å². The lowest BCUT2D eigenvalue weighted by molar-refractivity contribution is 0.215. The van der Waals surface area contributed by atoms with E-state index in [1.54, 1.807) is 7.85 Å². The summed E-state index contributed by atoms with van der Waals surface area (Å²) in [5.41, 5.74) is 0. The van der Waals surface area contributed by atoms with Gasteiger partial charge in [-0.3, -0.25) is 0 Å². The average molecular weight is 102 g/mol. The smallest absolute Gasteiger partial charge is 0.138 e. The fourth-order valence-corrected chi connectivity index (χ4v) is 0.387. The van der Waals surface area contributed by atoms with Gasteiger partial charge in [-0.25, -0.2) is 0 Å². The van der Waals surface area contributed by atoms with E-state index in [2.05, 4.69) is 0 Å². The lowest BCUT2D eigenvalue weighted by atomic mass is 9.96. The van der Waals surface area contributed by atoms with Crippen LogP contribution in [0.25, 0.3) is 0 Å². The molecule has 0 aliphatic carbocycles. The van der Waals surface area contributed by atoms with Crippen LogP contribution < -0.4 is 0 Å². The predicted molar refractivity (Wildman–Crippen MR) is 30.9 cm³/mol. The normalized spacial score (nSPS) is 14.0. The van der Waals surface area contributed by atoms with E-state index in [9.17, 15) is 0 Å². The van der Waals surface area contributed by atoms with Crippen LogP contribution in [0.4, 0.5) is 0 Å². The molecule has 42 valence electrons. The molecule has 1 unspecified atom stereocenters. The summed E-state index contributed by atoms with van der Waals surface area (Å²) in [6, 6.07) is -0.257. The van der Waals surface area contributed by atoms with Crippen LogP contribution in [-0.4, -0.2) is 30.7 Å². The topological polar surface area (TPSA) is 40.5 Å². The van der Waals surface area contributed by atoms with Crippen LogP contribution in [0.2, 0.25) is 0 Å². The highest BCUT2D eigenvalue weighted by Crippen LogP contribution is 1.88. The van der Waals surface area contributed by atoms with Gasteiger partial charge < -0.3 is 10.2 Å². The Kier molecular flexibility index (Phi) is 4.14. The van der Waals surface area contributed by atoms with Crippen LogP contribution in [0.5, 0.6) is 0 Å². The summed E-state index contributed by atoms with van der Waals surface area (Å²) >= 11 is 0. The largest absolute Gasteiger partial charge is 0.402 e. The van der Waals surface area contributed by atoms with Gasteiger partial charge in [-0.1, -0.05) is 0 Å². The highest BCUT2D eigenvalue weighted by atomic mass is 16.3. The first-order chi connectivity index (χ1) is 3.27. The minimum Gasteiger partial charge on any atom is -0.402 e. The van der Waals surface area contributed by atoms with Crippen molar-refractivity contribution < 1.29 is 10.2 Å². The molecular formula is C4H11BO2. The van der Waals surface area contributed by atoms with Gasteiger partial charge in [0.2, 0.25) is 0 Å². The Morgan fingerprint density at radius 3 is 2.29 bits per heavy atom. The number of hydrogen-bond acceptors (Lipinski definition) is 2. The standard InChI is InChI=1S/C4H11BO2/c5-4(7)2-1-3-6/h4,6-7H,1-3,5H2. The summed E-state index contributed by atoms with van der Waals surface area (Å²) in [7, 11) is 1.72. The molecule has 0 aliphatic rings. The highest BCUT2D eigenvalue weighted by molar-refractivity contribution is 6.10. The van der Waals surface area contributed by atoms with Crippen LogP contribution in [-0.2, 0) is 0 Å². The van der Waals surface area contributed by atoms with E-state index < -0.39 is 0 Å². The van der Waals surface area contributed by atoms with Crippen molar-refractivity contribution in [2.75, 3.05) is 6.61 Å². The van der Waals surface area contributed by atoms with Crippen molar-refractivity contribution >= 4 is 7.85 Å². The zero-order valence-electron chi connectivity index (χ0n) is 4.59. The minimum absolute atomic E-state index is 0.185. The second-order valence-electron chi connectivity index (χ2n) is 1.71. The van der Waals surface area contributed by atoms with Crippen molar-refractivity contribution in [2.24, 2.45) is 0 Å². The molecule has 0 spiro atoms. The van der Waals surface area contributed by atoms with Crippen LogP contribution in [0, 0.1) is 0 Å². The molecule has 0 radical (unpaired) electrons. The first-order valence-electron chi connectivity index (χ1n) is 2.56. The molecule has 0 rings (SSSR count). The molecule has 0 bridgehead atoms. The molecule has 0 amide bonds. The van der Waals surface area contributed by atoms with E-state index in [0.717, 1.165) is 0 Å². The summed E-state index contributed by atoms with van der Waals surface area (Å²) in [5.74, 6) is 0. The zero-order chi connectivity index (χ0) is 5.70. The van der Waals surface area contributed by atoms with Gasteiger partial charge in [-0.05, 0) is 12.8 Å². The first kappa shape index (κ1) is 6.98. The molecule has 7 heavy (non-hydrogen) atoms. The van der Waals surface area contributed by atoms with Gasteiger partial charge in [0, 0.05) is 12.6 Å². The van der Waals surface area contributed by atoms with E-state index in [-0.39, 0.29) is 12.6 Å². The summed E-state index contributed by atoms with van der Waals surface area (Å²) in [6.45, 7) is 0.185. The van der Waals surface area contributed by atoms with Crippen molar-refractivity contribution in [1.82, 2.24) is 0 Å². The zero-order valence-corrected chi connectivity index (χ0v) is 4.59. The Morgan fingerprint density at radius 2 is 2.14 bits per heavy atom. The Balaban J connectivity index is 2.68. The third kappa shape index (κ3) is 5.98. The van der Waals surface area contributed by atoms with Gasteiger partial charge in [0.1, 0.15) is 7.85 Å². The van der Waals surface area contributed by atoms with Gasteiger partial charge >= 0.3 is 0 Å². The predicted octanol–water partition coefficient (Wildman–Crippen LogP) is -1.29. The fraction of sp³-hybridized carbons (Fsp3) is 1.00. The molecular weight excluding hydrogens is 90.9 g/mol. The third-order valence-electron chi connectivity index (χ3n) is 0.780. The number of aliphatic hydroxyl groups excluding tert-OH is 2.